The molecule has 1 aliphatic carbocycles. The molecule has 5 nitrogen and oxygen atoms in total. The van der Waals surface area contributed by atoms with Crippen LogP contribution in [0.4, 0.5) is 0 Å². The Morgan fingerprint density at radius 1 is 1.56 bits per heavy atom. The van der Waals surface area contributed by atoms with Crippen LogP contribution < -0.4 is 5.32 Å². The van der Waals surface area contributed by atoms with Crippen molar-refractivity contribution in [3.8, 4) is 0 Å². The summed E-state index contributed by atoms with van der Waals surface area (Å²) in [5.74, 6) is 0.761. The molecule has 1 N–H and O–H groups in total. The molecule has 2 aliphatic rings. The van der Waals surface area contributed by atoms with Crippen molar-refractivity contribution in [2.24, 2.45) is 0 Å². The topological polar surface area (TPSA) is 58.4 Å². The Labute approximate surface area is 106 Å². The van der Waals surface area contributed by atoms with Gasteiger partial charge in [-0.3, -0.25) is 4.79 Å². The largest absolute Gasteiger partial charge is 0.446 e. The minimum atomic E-state index is -0.404. The van der Waals surface area contributed by atoms with Crippen molar-refractivity contribution >= 4 is 5.91 Å². The summed E-state index contributed by atoms with van der Waals surface area (Å²) in [6, 6.07) is -0.170. The van der Waals surface area contributed by atoms with Crippen LogP contribution in [0.25, 0.3) is 0 Å². The maximum absolute atomic E-state index is 12.6. The van der Waals surface area contributed by atoms with Gasteiger partial charge in [0.2, 0.25) is 5.91 Å². The molecule has 5 heteroatoms. The Hall–Kier alpha value is -1.62. The van der Waals surface area contributed by atoms with E-state index in [1.807, 2.05) is 4.90 Å². The molecular weight excluding hydrogens is 230 g/mol. The first-order valence-corrected chi connectivity index (χ1v) is 6.38. The van der Waals surface area contributed by atoms with Gasteiger partial charge in [0.05, 0.1) is 11.7 Å². The molecule has 0 aromatic carbocycles. The lowest BCUT2D eigenvalue weighted by Crippen LogP contribution is -2.43. The Morgan fingerprint density at radius 3 is 3.17 bits per heavy atom. The van der Waals surface area contributed by atoms with Gasteiger partial charge in [0.1, 0.15) is 6.04 Å². The number of rotatable bonds is 2. The second-order valence-corrected chi connectivity index (χ2v) is 4.74. The summed E-state index contributed by atoms with van der Waals surface area (Å²) in [5, 5.41) is 3.04. The zero-order chi connectivity index (χ0) is 12.5. The SMILES string of the molecule is CNC1C(=O)N(C2C=CCC2)CCc2ncoc21. The molecule has 0 saturated carbocycles. The number of carbonyl (C=O) groups is 1. The first kappa shape index (κ1) is 11.5. The Kier molecular flexibility index (Phi) is 2.91. The van der Waals surface area contributed by atoms with Crippen molar-refractivity contribution in [1.29, 1.82) is 0 Å². The molecule has 0 bridgehead atoms. The zero-order valence-corrected chi connectivity index (χ0v) is 10.4. The molecule has 2 unspecified atom stereocenters. The average molecular weight is 247 g/mol. The summed E-state index contributed by atoms with van der Waals surface area (Å²) in [6.07, 6.45) is 8.54. The summed E-state index contributed by atoms with van der Waals surface area (Å²) >= 11 is 0. The van der Waals surface area contributed by atoms with Crippen LogP contribution in [-0.4, -0.2) is 35.4 Å². The number of hydrogen-bond acceptors (Lipinski definition) is 4. The molecule has 1 amide bonds. The number of carbonyl (C=O) groups excluding carboxylic acids is 1. The van der Waals surface area contributed by atoms with Gasteiger partial charge in [-0.25, -0.2) is 4.98 Å². The summed E-state index contributed by atoms with van der Waals surface area (Å²) in [6.45, 7) is 0.714. The van der Waals surface area contributed by atoms with E-state index in [0.717, 1.165) is 25.0 Å². The predicted molar refractivity (Wildman–Crippen MR) is 65.9 cm³/mol. The lowest BCUT2D eigenvalue weighted by molar-refractivity contribution is -0.135. The second kappa shape index (κ2) is 4.57. The van der Waals surface area contributed by atoms with E-state index in [4.69, 9.17) is 4.42 Å². The molecule has 1 aliphatic heterocycles. The maximum atomic E-state index is 12.6. The fourth-order valence-corrected chi connectivity index (χ4v) is 2.78. The van der Waals surface area contributed by atoms with Crippen LogP contribution >= 0.6 is 0 Å². The molecule has 0 fully saturated rings. The first-order valence-electron chi connectivity index (χ1n) is 6.38. The highest BCUT2D eigenvalue weighted by molar-refractivity contribution is 5.84. The summed E-state index contributed by atoms with van der Waals surface area (Å²) in [5.41, 5.74) is 0.896. The maximum Gasteiger partial charge on any atom is 0.248 e. The normalized spacial score (nSPS) is 27.4. The van der Waals surface area contributed by atoms with Gasteiger partial charge in [-0.15, -0.1) is 0 Å². The Morgan fingerprint density at radius 2 is 2.44 bits per heavy atom. The van der Waals surface area contributed by atoms with Crippen LogP contribution in [0.2, 0.25) is 0 Å². The molecule has 2 atom stereocenters. The number of oxazole rings is 1. The number of allylic oxidation sites excluding steroid dienone is 1. The van der Waals surface area contributed by atoms with Crippen LogP contribution in [0, 0.1) is 0 Å². The van der Waals surface area contributed by atoms with Crippen LogP contribution in [0.3, 0.4) is 0 Å². The van der Waals surface area contributed by atoms with E-state index in [9.17, 15) is 4.79 Å². The summed E-state index contributed by atoms with van der Waals surface area (Å²) in [7, 11) is 1.78. The van der Waals surface area contributed by atoms with Gasteiger partial charge in [0, 0.05) is 13.0 Å². The van der Waals surface area contributed by atoms with Crippen molar-refractivity contribution in [3.63, 3.8) is 0 Å². The minimum Gasteiger partial charge on any atom is -0.446 e. The first-order chi connectivity index (χ1) is 8.81. The van der Waals surface area contributed by atoms with Crippen molar-refractivity contribution in [2.75, 3.05) is 13.6 Å². The molecule has 96 valence electrons. The monoisotopic (exact) mass is 247 g/mol. The van der Waals surface area contributed by atoms with Crippen molar-refractivity contribution in [1.82, 2.24) is 15.2 Å². The molecule has 0 saturated heterocycles. The van der Waals surface area contributed by atoms with E-state index in [-0.39, 0.29) is 11.9 Å². The summed E-state index contributed by atoms with van der Waals surface area (Å²) in [4.78, 5) is 18.7. The van der Waals surface area contributed by atoms with E-state index in [1.165, 1.54) is 6.39 Å². The number of hydrogen-bond donors (Lipinski definition) is 1. The second-order valence-electron chi connectivity index (χ2n) is 4.74. The zero-order valence-electron chi connectivity index (χ0n) is 10.4. The quantitative estimate of drug-likeness (QED) is 0.793. The standard InChI is InChI=1S/C13H17N3O2/c1-14-11-12-10(15-8-18-12)6-7-16(13(11)17)9-4-2-3-5-9/h2,4,8-9,11,14H,3,5-7H2,1H3. The highest BCUT2D eigenvalue weighted by atomic mass is 16.3. The predicted octanol–water partition coefficient (Wildman–Crippen LogP) is 1.04. The van der Waals surface area contributed by atoms with Crippen LogP contribution in [0.5, 0.6) is 0 Å². The highest BCUT2D eigenvalue weighted by Crippen LogP contribution is 2.27. The average Bonchev–Trinajstić information content (AvgIpc) is 3.01. The number of nitrogens with zero attached hydrogens (tertiary/aromatic N) is 2. The fourth-order valence-electron chi connectivity index (χ4n) is 2.78. The molecule has 3 rings (SSSR count). The van der Waals surface area contributed by atoms with Gasteiger partial charge >= 0.3 is 0 Å². The number of likely N-dealkylation sites (N-methyl/N-ethyl adjacent to an activating group) is 1. The third kappa shape index (κ3) is 1.75. The molecule has 1 aromatic heterocycles. The lowest BCUT2D eigenvalue weighted by atomic mass is 10.1. The third-order valence-corrected chi connectivity index (χ3v) is 3.73. The van der Waals surface area contributed by atoms with Gasteiger partial charge < -0.3 is 14.6 Å². The number of nitrogens with one attached hydrogen (secondary N) is 1. The van der Waals surface area contributed by atoms with Crippen molar-refractivity contribution in [3.05, 3.63) is 30.0 Å². The molecule has 0 spiro atoms. The lowest BCUT2D eigenvalue weighted by Gasteiger charge is -2.28. The Bertz CT molecular complexity index is 480. The van der Waals surface area contributed by atoms with Crippen molar-refractivity contribution in [2.45, 2.75) is 31.3 Å². The third-order valence-electron chi connectivity index (χ3n) is 3.73. The number of fused-ring (bicyclic) bond motifs is 1. The van der Waals surface area contributed by atoms with Gasteiger partial charge in [0.25, 0.3) is 0 Å². The Balaban J connectivity index is 1.91. The van der Waals surface area contributed by atoms with E-state index in [0.29, 0.717) is 12.3 Å². The van der Waals surface area contributed by atoms with Crippen LogP contribution in [0.15, 0.2) is 23.0 Å². The number of aromatic nitrogens is 1. The van der Waals surface area contributed by atoms with Gasteiger partial charge in [-0.05, 0) is 19.9 Å². The molecule has 18 heavy (non-hydrogen) atoms. The molecule has 2 heterocycles. The van der Waals surface area contributed by atoms with Gasteiger partial charge in [-0.2, -0.15) is 0 Å². The molecular formula is C13H17N3O2. The van der Waals surface area contributed by atoms with E-state index in [2.05, 4.69) is 22.5 Å². The van der Waals surface area contributed by atoms with Gasteiger partial charge in [-0.1, -0.05) is 12.2 Å². The molecule has 0 radical (unpaired) electrons. The van der Waals surface area contributed by atoms with Crippen LogP contribution in [-0.2, 0) is 11.2 Å². The molecule has 1 aromatic rings. The van der Waals surface area contributed by atoms with Gasteiger partial charge in [0.15, 0.2) is 12.2 Å². The highest BCUT2D eigenvalue weighted by Gasteiger charge is 2.35. The van der Waals surface area contributed by atoms with E-state index >= 15 is 0 Å². The van der Waals surface area contributed by atoms with Crippen molar-refractivity contribution < 1.29 is 9.21 Å². The smallest absolute Gasteiger partial charge is 0.248 e. The van der Waals surface area contributed by atoms with E-state index < -0.39 is 6.04 Å². The summed E-state index contributed by atoms with van der Waals surface area (Å²) < 4.78 is 5.38. The number of amides is 1. The minimum absolute atomic E-state index is 0.0875. The van der Waals surface area contributed by atoms with Crippen LogP contribution in [0.1, 0.15) is 30.3 Å². The van der Waals surface area contributed by atoms with E-state index in [1.54, 1.807) is 7.05 Å². The fraction of sp³-hybridized carbons (Fsp3) is 0.538.